The molecule has 1 N–H and O–H groups in total. The number of phenols is 1. The summed E-state index contributed by atoms with van der Waals surface area (Å²) in [6.07, 6.45) is 1.67. The Labute approximate surface area is 147 Å². The van der Waals surface area contributed by atoms with E-state index in [9.17, 15) is 5.11 Å². The molecule has 5 heteroatoms. The van der Waals surface area contributed by atoms with Gasteiger partial charge in [0.25, 0.3) is 0 Å². The summed E-state index contributed by atoms with van der Waals surface area (Å²) in [7, 11) is 2.08. The summed E-state index contributed by atoms with van der Waals surface area (Å²) < 4.78 is 5.35. The van der Waals surface area contributed by atoms with Crippen LogP contribution in [0.3, 0.4) is 0 Å². The average Bonchev–Trinajstić information content (AvgIpc) is 3.10. The van der Waals surface area contributed by atoms with Crippen molar-refractivity contribution >= 4 is 0 Å². The lowest BCUT2D eigenvalue weighted by molar-refractivity contribution is 0.253. The van der Waals surface area contributed by atoms with Crippen molar-refractivity contribution in [3.05, 3.63) is 66.1 Å². The SMILES string of the molecule is CC(c1cccc(O)c1)N(C)CCCc1nc(-c2ccccc2)no1. The lowest BCUT2D eigenvalue weighted by Gasteiger charge is -2.24. The minimum Gasteiger partial charge on any atom is -0.508 e. The average molecular weight is 337 g/mol. The zero-order chi connectivity index (χ0) is 17.6. The number of aromatic hydroxyl groups is 1. The van der Waals surface area contributed by atoms with Crippen molar-refractivity contribution in [2.45, 2.75) is 25.8 Å². The minimum atomic E-state index is 0.231. The van der Waals surface area contributed by atoms with Gasteiger partial charge in [0, 0.05) is 18.0 Å². The van der Waals surface area contributed by atoms with Gasteiger partial charge in [-0.3, -0.25) is 4.90 Å². The van der Waals surface area contributed by atoms with Gasteiger partial charge in [-0.05, 0) is 44.6 Å². The molecule has 1 heterocycles. The maximum Gasteiger partial charge on any atom is 0.227 e. The highest BCUT2D eigenvalue weighted by atomic mass is 16.5. The molecule has 1 atom stereocenters. The number of benzene rings is 2. The first kappa shape index (κ1) is 17.2. The van der Waals surface area contributed by atoms with Gasteiger partial charge in [0.15, 0.2) is 0 Å². The second-order valence-electron chi connectivity index (χ2n) is 6.23. The largest absolute Gasteiger partial charge is 0.508 e. The molecule has 0 fully saturated rings. The maximum absolute atomic E-state index is 9.62. The number of hydrogen-bond acceptors (Lipinski definition) is 5. The Morgan fingerprint density at radius 2 is 1.92 bits per heavy atom. The first-order chi connectivity index (χ1) is 12.1. The van der Waals surface area contributed by atoms with E-state index >= 15 is 0 Å². The van der Waals surface area contributed by atoms with E-state index in [0.717, 1.165) is 30.5 Å². The van der Waals surface area contributed by atoms with E-state index < -0.39 is 0 Å². The molecule has 0 aliphatic heterocycles. The second kappa shape index (κ2) is 7.94. The monoisotopic (exact) mass is 337 g/mol. The van der Waals surface area contributed by atoms with Crippen molar-refractivity contribution in [3.63, 3.8) is 0 Å². The molecule has 0 amide bonds. The van der Waals surface area contributed by atoms with Crippen LogP contribution < -0.4 is 0 Å². The summed E-state index contributed by atoms with van der Waals surface area (Å²) in [5, 5.41) is 13.7. The standard InChI is InChI=1S/C20H23N3O2/c1-15(17-10-6-11-18(24)14-17)23(2)13-7-12-19-21-20(22-25-19)16-8-4-3-5-9-16/h3-6,8-11,14-15,24H,7,12-13H2,1-2H3. The van der Waals surface area contributed by atoms with Crippen molar-refractivity contribution in [2.75, 3.05) is 13.6 Å². The molecule has 25 heavy (non-hydrogen) atoms. The highest BCUT2D eigenvalue weighted by Gasteiger charge is 2.13. The number of rotatable bonds is 7. The van der Waals surface area contributed by atoms with Crippen LogP contribution in [0.5, 0.6) is 5.75 Å². The van der Waals surface area contributed by atoms with E-state index in [1.165, 1.54) is 0 Å². The first-order valence-electron chi connectivity index (χ1n) is 8.50. The minimum absolute atomic E-state index is 0.231. The number of phenolic OH excluding ortho intramolecular Hbond substituents is 1. The summed E-state index contributed by atoms with van der Waals surface area (Å²) in [4.78, 5) is 6.72. The Morgan fingerprint density at radius 3 is 2.68 bits per heavy atom. The van der Waals surface area contributed by atoms with Gasteiger partial charge < -0.3 is 9.63 Å². The van der Waals surface area contributed by atoms with E-state index in [1.807, 2.05) is 48.5 Å². The van der Waals surface area contributed by atoms with E-state index in [1.54, 1.807) is 6.07 Å². The molecule has 3 aromatic rings. The maximum atomic E-state index is 9.62. The van der Waals surface area contributed by atoms with Crippen LogP contribution in [0.1, 0.15) is 30.8 Å². The van der Waals surface area contributed by atoms with Crippen LogP contribution in [0.25, 0.3) is 11.4 Å². The second-order valence-corrected chi connectivity index (χ2v) is 6.23. The highest BCUT2D eigenvalue weighted by Crippen LogP contribution is 2.22. The molecule has 0 bridgehead atoms. The van der Waals surface area contributed by atoms with Crippen molar-refractivity contribution in [1.82, 2.24) is 15.0 Å². The van der Waals surface area contributed by atoms with Crippen LogP contribution in [0, 0.1) is 0 Å². The molecule has 0 aliphatic carbocycles. The van der Waals surface area contributed by atoms with Crippen LogP contribution in [-0.2, 0) is 6.42 Å². The quantitative estimate of drug-likeness (QED) is 0.704. The van der Waals surface area contributed by atoms with Crippen molar-refractivity contribution in [3.8, 4) is 17.1 Å². The van der Waals surface area contributed by atoms with Crippen molar-refractivity contribution < 1.29 is 9.63 Å². The zero-order valence-corrected chi connectivity index (χ0v) is 14.6. The normalized spacial score (nSPS) is 12.4. The summed E-state index contributed by atoms with van der Waals surface area (Å²) >= 11 is 0. The fourth-order valence-electron chi connectivity index (χ4n) is 2.77. The smallest absolute Gasteiger partial charge is 0.227 e. The van der Waals surface area contributed by atoms with E-state index in [2.05, 4.69) is 29.0 Å². The molecule has 0 saturated heterocycles. The molecule has 130 valence electrons. The van der Waals surface area contributed by atoms with E-state index in [0.29, 0.717) is 17.5 Å². The lowest BCUT2D eigenvalue weighted by Crippen LogP contribution is -2.23. The molecule has 1 unspecified atom stereocenters. The zero-order valence-electron chi connectivity index (χ0n) is 14.6. The van der Waals surface area contributed by atoms with Gasteiger partial charge in [-0.15, -0.1) is 0 Å². The first-order valence-corrected chi connectivity index (χ1v) is 8.50. The van der Waals surface area contributed by atoms with Crippen LogP contribution in [0.4, 0.5) is 0 Å². The summed E-state index contributed by atoms with van der Waals surface area (Å²) in [6.45, 7) is 3.04. The van der Waals surface area contributed by atoms with Gasteiger partial charge in [-0.25, -0.2) is 0 Å². The third-order valence-corrected chi connectivity index (χ3v) is 4.42. The van der Waals surface area contributed by atoms with Gasteiger partial charge in [0.05, 0.1) is 0 Å². The van der Waals surface area contributed by atoms with E-state index in [-0.39, 0.29) is 6.04 Å². The number of aryl methyl sites for hydroxylation is 1. The van der Waals surface area contributed by atoms with Crippen molar-refractivity contribution in [1.29, 1.82) is 0 Å². The fraction of sp³-hybridized carbons (Fsp3) is 0.300. The Bertz CT molecular complexity index is 801. The molecule has 0 spiro atoms. The molecular weight excluding hydrogens is 314 g/mol. The number of hydrogen-bond donors (Lipinski definition) is 1. The van der Waals surface area contributed by atoms with Gasteiger partial charge >= 0.3 is 0 Å². The van der Waals surface area contributed by atoms with Gasteiger partial charge in [-0.2, -0.15) is 4.98 Å². The molecular formula is C20H23N3O2. The molecule has 0 radical (unpaired) electrons. The topological polar surface area (TPSA) is 62.4 Å². The molecule has 5 nitrogen and oxygen atoms in total. The lowest BCUT2D eigenvalue weighted by atomic mass is 10.1. The van der Waals surface area contributed by atoms with Crippen LogP contribution >= 0.6 is 0 Å². The molecule has 0 saturated carbocycles. The molecule has 3 rings (SSSR count). The highest BCUT2D eigenvalue weighted by molar-refractivity contribution is 5.53. The number of nitrogens with zero attached hydrogens (tertiary/aromatic N) is 3. The number of aromatic nitrogens is 2. The van der Waals surface area contributed by atoms with Crippen molar-refractivity contribution in [2.24, 2.45) is 0 Å². The summed E-state index contributed by atoms with van der Waals surface area (Å²) in [6, 6.07) is 17.5. The third kappa shape index (κ3) is 4.45. The molecule has 2 aromatic carbocycles. The van der Waals surface area contributed by atoms with Gasteiger partial charge in [0.1, 0.15) is 5.75 Å². The predicted octanol–water partition coefficient (Wildman–Crippen LogP) is 4.07. The molecule has 1 aromatic heterocycles. The Hall–Kier alpha value is -2.66. The summed E-state index contributed by atoms with van der Waals surface area (Å²) in [5.41, 5.74) is 2.07. The van der Waals surface area contributed by atoms with Crippen LogP contribution in [0.15, 0.2) is 59.1 Å². The van der Waals surface area contributed by atoms with Gasteiger partial charge in [-0.1, -0.05) is 47.6 Å². The third-order valence-electron chi connectivity index (χ3n) is 4.42. The Balaban J connectivity index is 1.52. The Kier molecular flexibility index (Phi) is 5.46. The summed E-state index contributed by atoms with van der Waals surface area (Å²) in [5.74, 6) is 1.60. The Morgan fingerprint density at radius 1 is 1.12 bits per heavy atom. The predicted molar refractivity (Wildman–Crippen MR) is 97.2 cm³/mol. The van der Waals surface area contributed by atoms with Gasteiger partial charge in [0.2, 0.25) is 11.7 Å². The molecule has 0 aliphatic rings. The van der Waals surface area contributed by atoms with E-state index in [4.69, 9.17) is 4.52 Å². The van der Waals surface area contributed by atoms with Crippen LogP contribution in [0.2, 0.25) is 0 Å². The van der Waals surface area contributed by atoms with Crippen LogP contribution in [-0.4, -0.2) is 33.7 Å². The fourth-order valence-corrected chi connectivity index (χ4v) is 2.77.